The zero-order valence-electron chi connectivity index (χ0n) is 9.42. The molecule has 0 spiro atoms. The maximum absolute atomic E-state index is 11.6. The van der Waals surface area contributed by atoms with E-state index in [9.17, 15) is 4.79 Å². The normalized spacial score (nSPS) is 10.1. The van der Waals surface area contributed by atoms with E-state index in [1.807, 2.05) is 31.2 Å². The van der Waals surface area contributed by atoms with Crippen molar-refractivity contribution in [1.29, 1.82) is 0 Å². The summed E-state index contributed by atoms with van der Waals surface area (Å²) in [5, 5.41) is 6.03. The maximum atomic E-state index is 11.6. The van der Waals surface area contributed by atoms with Crippen molar-refractivity contribution in [3.8, 4) is 0 Å². The lowest BCUT2D eigenvalue weighted by atomic mass is 10.1. The van der Waals surface area contributed by atoms with Crippen LogP contribution in [-0.2, 0) is 11.2 Å². The summed E-state index contributed by atoms with van der Waals surface area (Å²) >= 11 is 3.43. The molecule has 1 amide bonds. The lowest BCUT2D eigenvalue weighted by Gasteiger charge is -2.06. The van der Waals surface area contributed by atoms with Gasteiger partial charge in [-0.1, -0.05) is 41.1 Å². The molecule has 3 nitrogen and oxygen atoms in total. The summed E-state index contributed by atoms with van der Waals surface area (Å²) in [5.41, 5.74) is 1.02. The van der Waals surface area contributed by atoms with E-state index < -0.39 is 0 Å². The molecule has 0 saturated heterocycles. The van der Waals surface area contributed by atoms with E-state index in [1.54, 1.807) is 0 Å². The summed E-state index contributed by atoms with van der Waals surface area (Å²) in [6.45, 7) is 4.47. The number of rotatable bonds is 6. The van der Waals surface area contributed by atoms with Crippen molar-refractivity contribution in [2.24, 2.45) is 0 Å². The van der Waals surface area contributed by atoms with Crippen molar-refractivity contribution in [3.63, 3.8) is 0 Å². The van der Waals surface area contributed by atoms with Gasteiger partial charge in [-0.25, -0.2) is 0 Å². The summed E-state index contributed by atoms with van der Waals surface area (Å²) in [4.78, 5) is 11.6. The molecule has 0 aliphatic heterocycles. The largest absolute Gasteiger partial charge is 0.355 e. The van der Waals surface area contributed by atoms with E-state index in [0.717, 1.165) is 23.1 Å². The van der Waals surface area contributed by atoms with E-state index in [0.29, 0.717) is 13.0 Å². The molecule has 0 fully saturated rings. The number of benzene rings is 1. The fourth-order valence-corrected chi connectivity index (χ4v) is 1.77. The van der Waals surface area contributed by atoms with Crippen LogP contribution in [0.2, 0.25) is 0 Å². The van der Waals surface area contributed by atoms with E-state index in [2.05, 4.69) is 26.6 Å². The molecular formula is C12H17BrN2O. The number of hydrogen-bond acceptors (Lipinski definition) is 2. The van der Waals surface area contributed by atoms with Gasteiger partial charge in [-0.3, -0.25) is 4.79 Å². The van der Waals surface area contributed by atoms with Gasteiger partial charge in [-0.15, -0.1) is 0 Å². The van der Waals surface area contributed by atoms with Crippen LogP contribution in [0.5, 0.6) is 0 Å². The van der Waals surface area contributed by atoms with Gasteiger partial charge in [0.1, 0.15) is 0 Å². The minimum absolute atomic E-state index is 0.0600. The number of halogens is 1. The van der Waals surface area contributed by atoms with Crippen LogP contribution in [0.15, 0.2) is 28.7 Å². The Hall–Kier alpha value is -0.870. The second kappa shape index (κ2) is 7.41. The number of amides is 1. The van der Waals surface area contributed by atoms with Crippen LogP contribution < -0.4 is 10.6 Å². The average molecular weight is 285 g/mol. The molecule has 0 heterocycles. The number of nitrogens with one attached hydrogen (secondary N) is 2. The second-order valence-corrected chi connectivity index (χ2v) is 4.33. The summed E-state index contributed by atoms with van der Waals surface area (Å²) in [6, 6.07) is 7.78. The first-order chi connectivity index (χ1) is 7.74. The van der Waals surface area contributed by atoms with Gasteiger partial charge in [0.25, 0.3) is 0 Å². The molecule has 0 aliphatic rings. The third kappa shape index (κ3) is 4.77. The SMILES string of the molecule is CCNCCNC(=O)Cc1ccccc1Br. The topological polar surface area (TPSA) is 41.1 Å². The zero-order valence-corrected chi connectivity index (χ0v) is 11.0. The zero-order chi connectivity index (χ0) is 11.8. The predicted molar refractivity (Wildman–Crippen MR) is 69.4 cm³/mol. The average Bonchev–Trinajstić information content (AvgIpc) is 2.28. The molecule has 1 aromatic carbocycles. The number of carbonyl (C=O) groups is 1. The lowest BCUT2D eigenvalue weighted by molar-refractivity contribution is -0.120. The number of likely N-dealkylation sites (N-methyl/N-ethyl adjacent to an activating group) is 1. The van der Waals surface area contributed by atoms with Gasteiger partial charge in [-0.05, 0) is 18.2 Å². The lowest BCUT2D eigenvalue weighted by Crippen LogP contribution is -2.32. The first-order valence-electron chi connectivity index (χ1n) is 5.45. The summed E-state index contributed by atoms with van der Waals surface area (Å²) in [7, 11) is 0. The Morgan fingerprint density at radius 2 is 2.06 bits per heavy atom. The molecule has 0 unspecified atom stereocenters. The summed E-state index contributed by atoms with van der Waals surface area (Å²) in [6.07, 6.45) is 0.424. The van der Waals surface area contributed by atoms with Gasteiger partial charge in [0.2, 0.25) is 5.91 Å². The smallest absolute Gasteiger partial charge is 0.224 e. The first-order valence-corrected chi connectivity index (χ1v) is 6.24. The van der Waals surface area contributed by atoms with Gasteiger partial charge in [-0.2, -0.15) is 0 Å². The highest BCUT2D eigenvalue weighted by Crippen LogP contribution is 2.15. The Kier molecular flexibility index (Phi) is 6.11. The molecule has 88 valence electrons. The highest BCUT2D eigenvalue weighted by Gasteiger charge is 2.04. The van der Waals surface area contributed by atoms with Crippen molar-refractivity contribution >= 4 is 21.8 Å². The molecule has 1 rings (SSSR count). The Bertz CT molecular complexity index is 342. The third-order valence-electron chi connectivity index (χ3n) is 2.18. The molecule has 1 aromatic rings. The molecule has 0 aliphatic carbocycles. The third-order valence-corrected chi connectivity index (χ3v) is 2.96. The molecule has 0 atom stereocenters. The molecule has 0 bridgehead atoms. The standard InChI is InChI=1S/C12H17BrN2O/c1-2-14-7-8-15-12(16)9-10-5-3-4-6-11(10)13/h3-6,14H,2,7-9H2,1H3,(H,15,16). The van der Waals surface area contributed by atoms with Gasteiger partial charge in [0.15, 0.2) is 0 Å². The highest BCUT2D eigenvalue weighted by atomic mass is 79.9. The van der Waals surface area contributed by atoms with E-state index in [1.165, 1.54) is 0 Å². The number of carbonyl (C=O) groups excluding carboxylic acids is 1. The highest BCUT2D eigenvalue weighted by molar-refractivity contribution is 9.10. The molecule has 0 radical (unpaired) electrons. The van der Waals surface area contributed by atoms with Crippen molar-refractivity contribution in [2.45, 2.75) is 13.3 Å². The molecule has 16 heavy (non-hydrogen) atoms. The monoisotopic (exact) mass is 284 g/mol. The minimum Gasteiger partial charge on any atom is -0.355 e. The summed E-state index contributed by atoms with van der Waals surface area (Å²) in [5.74, 6) is 0.0600. The van der Waals surface area contributed by atoms with Crippen LogP contribution in [-0.4, -0.2) is 25.5 Å². The van der Waals surface area contributed by atoms with Crippen molar-refractivity contribution < 1.29 is 4.79 Å². The maximum Gasteiger partial charge on any atom is 0.224 e. The Morgan fingerprint density at radius 1 is 1.31 bits per heavy atom. The first kappa shape index (κ1) is 13.2. The van der Waals surface area contributed by atoms with Crippen LogP contribution in [0.1, 0.15) is 12.5 Å². The molecule has 0 saturated carbocycles. The Balaban J connectivity index is 2.32. The van der Waals surface area contributed by atoms with Crippen LogP contribution in [0.3, 0.4) is 0 Å². The molecule has 0 aromatic heterocycles. The fraction of sp³-hybridized carbons (Fsp3) is 0.417. The van der Waals surface area contributed by atoms with Crippen molar-refractivity contribution in [3.05, 3.63) is 34.3 Å². The van der Waals surface area contributed by atoms with Crippen molar-refractivity contribution in [2.75, 3.05) is 19.6 Å². The van der Waals surface area contributed by atoms with Crippen molar-refractivity contribution in [1.82, 2.24) is 10.6 Å². The van der Waals surface area contributed by atoms with Gasteiger partial charge >= 0.3 is 0 Å². The van der Waals surface area contributed by atoms with Crippen LogP contribution in [0.25, 0.3) is 0 Å². The van der Waals surface area contributed by atoms with E-state index in [4.69, 9.17) is 0 Å². The van der Waals surface area contributed by atoms with E-state index in [-0.39, 0.29) is 5.91 Å². The van der Waals surface area contributed by atoms with E-state index >= 15 is 0 Å². The van der Waals surface area contributed by atoms with Crippen LogP contribution in [0, 0.1) is 0 Å². The Labute approximate surface area is 105 Å². The molecule has 2 N–H and O–H groups in total. The van der Waals surface area contributed by atoms with Gasteiger partial charge in [0, 0.05) is 17.6 Å². The van der Waals surface area contributed by atoms with Gasteiger partial charge in [0.05, 0.1) is 6.42 Å². The van der Waals surface area contributed by atoms with Crippen LogP contribution >= 0.6 is 15.9 Å². The summed E-state index contributed by atoms with van der Waals surface area (Å²) < 4.78 is 0.983. The second-order valence-electron chi connectivity index (χ2n) is 3.47. The minimum atomic E-state index is 0.0600. The van der Waals surface area contributed by atoms with Gasteiger partial charge < -0.3 is 10.6 Å². The molecule has 4 heteroatoms. The molecular weight excluding hydrogens is 268 g/mol. The number of hydrogen-bond donors (Lipinski definition) is 2. The predicted octanol–water partition coefficient (Wildman–Crippen LogP) is 1.72. The fourth-order valence-electron chi connectivity index (χ4n) is 1.34. The quantitative estimate of drug-likeness (QED) is 0.781. The van der Waals surface area contributed by atoms with Crippen LogP contribution in [0.4, 0.5) is 0 Å². The Morgan fingerprint density at radius 3 is 2.75 bits per heavy atom.